The third kappa shape index (κ3) is 11.9. The summed E-state index contributed by atoms with van der Waals surface area (Å²) in [6.45, 7) is 6.13. The fourth-order valence-electron chi connectivity index (χ4n) is 1.19. The molecule has 0 aliphatic carbocycles. The van der Waals surface area contributed by atoms with E-state index in [1.54, 1.807) is 0 Å². The molecule has 2 N–H and O–H groups in total. The summed E-state index contributed by atoms with van der Waals surface area (Å²) in [4.78, 5) is 0. The zero-order chi connectivity index (χ0) is 10.5. The topological polar surface area (TPSA) is 44.5 Å². The highest BCUT2D eigenvalue weighted by molar-refractivity contribution is 4.43. The standard InChI is InChI=1S/C11H25NO2/c1-2-8-13-9-5-3-4-6-10-14-11-7-12/h2-12H2,1H3. The van der Waals surface area contributed by atoms with Crippen LogP contribution in [-0.4, -0.2) is 33.0 Å². The second-order valence-corrected chi connectivity index (χ2v) is 3.43. The lowest BCUT2D eigenvalue weighted by Crippen LogP contribution is -2.08. The van der Waals surface area contributed by atoms with Crippen molar-refractivity contribution in [1.29, 1.82) is 0 Å². The Morgan fingerprint density at radius 3 is 1.86 bits per heavy atom. The van der Waals surface area contributed by atoms with E-state index in [1.165, 1.54) is 19.3 Å². The molecule has 0 heterocycles. The highest BCUT2D eigenvalue weighted by Crippen LogP contribution is 2.00. The minimum absolute atomic E-state index is 0.630. The third-order valence-electron chi connectivity index (χ3n) is 1.94. The van der Waals surface area contributed by atoms with Crippen molar-refractivity contribution in [2.45, 2.75) is 39.0 Å². The van der Waals surface area contributed by atoms with Gasteiger partial charge in [0.2, 0.25) is 0 Å². The van der Waals surface area contributed by atoms with Gasteiger partial charge >= 0.3 is 0 Å². The largest absolute Gasteiger partial charge is 0.381 e. The molecule has 14 heavy (non-hydrogen) atoms. The van der Waals surface area contributed by atoms with Gasteiger partial charge in [-0.1, -0.05) is 19.8 Å². The van der Waals surface area contributed by atoms with Crippen molar-refractivity contribution < 1.29 is 9.47 Å². The van der Waals surface area contributed by atoms with E-state index in [2.05, 4.69) is 6.92 Å². The van der Waals surface area contributed by atoms with Crippen molar-refractivity contribution in [3.05, 3.63) is 0 Å². The highest BCUT2D eigenvalue weighted by atomic mass is 16.5. The predicted octanol–water partition coefficient (Wildman–Crippen LogP) is 1.95. The van der Waals surface area contributed by atoms with Crippen LogP contribution in [0.3, 0.4) is 0 Å². The number of hydrogen-bond donors (Lipinski definition) is 1. The smallest absolute Gasteiger partial charge is 0.0588 e. The number of rotatable bonds is 11. The molecule has 0 spiro atoms. The van der Waals surface area contributed by atoms with Crippen LogP contribution in [-0.2, 0) is 9.47 Å². The van der Waals surface area contributed by atoms with Crippen LogP contribution in [0.25, 0.3) is 0 Å². The van der Waals surface area contributed by atoms with Crippen molar-refractivity contribution in [3.8, 4) is 0 Å². The maximum Gasteiger partial charge on any atom is 0.0588 e. The summed E-state index contributed by atoms with van der Waals surface area (Å²) in [5.74, 6) is 0. The van der Waals surface area contributed by atoms with Crippen molar-refractivity contribution >= 4 is 0 Å². The molecule has 86 valence electrons. The summed E-state index contributed by atoms with van der Waals surface area (Å²) in [6, 6.07) is 0. The van der Waals surface area contributed by atoms with Crippen LogP contribution in [0.2, 0.25) is 0 Å². The number of ether oxygens (including phenoxy) is 2. The van der Waals surface area contributed by atoms with Gasteiger partial charge in [-0.25, -0.2) is 0 Å². The lowest BCUT2D eigenvalue weighted by molar-refractivity contribution is 0.124. The molecule has 0 unspecified atom stereocenters. The van der Waals surface area contributed by atoms with Gasteiger partial charge in [-0.3, -0.25) is 0 Å². The second kappa shape index (κ2) is 12.9. The van der Waals surface area contributed by atoms with Crippen molar-refractivity contribution in [2.75, 3.05) is 33.0 Å². The minimum Gasteiger partial charge on any atom is -0.381 e. The summed E-state index contributed by atoms with van der Waals surface area (Å²) < 4.78 is 10.7. The molecule has 0 aromatic carbocycles. The Bertz CT molecular complexity index is 87.3. The lowest BCUT2D eigenvalue weighted by atomic mass is 10.2. The molecular weight excluding hydrogens is 178 g/mol. The van der Waals surface area contributed by atoms with Gasteiger partial charge < -0.3 is 15.2 Å². The maximum atomic E-state index is 5.38. The molecule has 0 saturated heterocycles. The van der Waals surface area contributed by atoms with Crippen LogP contribution >= 0.6 is 0 Å². The SMILES string of the molecule is CCCOCCCCCCOCCN. The zero-order valence-electron chi connectivity index (χ0n) is 9.46. The lowest BCUT2D eigenvalue weighted by Gasteiger charge is -2.03. The van der Waals surface area contributed by atoms with Gasteiger partial charge in [-0.15, -0.1) is 0 Å². The first-order valence-corrected chi connectivity index (χ1v) is 5.77. The Kier molecular flexibility index (Phi) is 12.8. The van der Waals surface area contributed by atoms with Gasteiger partial charge in [-0.2, -0.15) is 0 Å². The molecule has 0 fully saturated rings. The molecule has 0 aromatic heterocycles. The molecule has 0 bridgehead atoms. The molecule has 0 aliphatic rings. The Morgan fingerprint density at radius 2 is 1.36 bits per heavy atom. The second-order valence-electron chi connectivity index (χ2n) is 3.43. The van der Waals surface area contributed by atoms with Crippen molar-refractivity contribution in [1.82, 2.24) is 0 Å². The first-order valence-electron chi connectivity index (χ1n) is 5.77. The molecule has 0 radical (unpaired) electrons. The van der Waals surface area contributed by atoms with Gasteiger partial charge in [0, 0.05) is 26.4 Å². The van der Waals surface area contributed by atoms with E-state index in [-0.39, 0.29) is 0 Å². The predicted molar refractivity (Wildman–Crippen MR) is 59.5 cm³/mol. The van der Waals surface area contributed by atoms with Crippen LogP contribution in [0, 0.1) is 0 Å². The van der Waals surface area contributed by atoms with Crippen LogP contribution < -0.4 is 5.73 Å². The molecule has 3 nitrogen and oxygen atoms in total. The summed E-state index contributed by atoms with van der Waals surface area (Å²) in [5, 5.41) is 0. The average Bonchev–Trinajstić information content (AvgIpc) is 2.21. The quantitative estimate of drug-likeness (QED) is 0.522. The molecule has 0 amide bonds. The summed E-state index contributed by atoms with van der Waals surface area (Å²) in [6.07, 6.45) is 5.92. The molecular formula is C11H25NO2. The van der Waals surface area contributed by atoms with Crippen molar-refractivity contribution in [3.63, 3.8) is 0 Å². The Morgan fingerprint density at radius 1 is 0.786 bits per heavy atom. The molecule has 0 atom stereocenters. The van der Waals surface area contributed by atoms with Gasteiger partial charge in [0.1, 0.15) is 0 Å². The first kappa shape index (κ1) is 13.9. The Hall–Kier alpha value is -0.120. The zero-order valence-corrected chi connectivity index (χ0v) is 9.46. The van der Waals surface area contributed by atoms with Gasteiger partial charge in [0.15, 0.2) is 0 Å². The molecule has 0 aliphatic heterocycles. The fourth-order valence-corrected chi connectivity index (χ4v) is 1.19. The van der Waals surface area contributed by atoms with Gasteiger partial charge in [-0.05, 0) is 19.3 Å². The summed E-state index contributed by atoms with van der Waals surface area (Å²) >= 11 is 0. The van der Waals surface area contributed by atoms with E-state index in [4.69, 9.17) is 15.2 Å². The highest BCUT2D eigenvalue weighted by Gasteiger charge is 1.91. The summed E-state index contributed by atoms with van der Waals surface area (Å²) in [5.41, 5.74) is 5.30. The molecule has 3 heteroatoms. The van der Waals surface area contributed by atoms with E-state index in [9.17, 15) is 0 Å². The normalized spacial score (nSPS) is 10.7. The van der Waals surface area contributed by atoms with E-state index >= 15 is 0 Å². The van der Waals surface area contributed by atoms with Gasteiger partial charge in [0.25, 0.3) is 0 Å². The van der Waals surface area contributed by atoms with E-state index in [0.717, 1.165) is 32.7 Å². The van der Waals surface area contributed by atoms with Crippen molar-refractivity contribution in [2.24, 2.45) is 5.73 Å². The number of nitrogens with two attached hydrogens (primary N) is 1. The Balaban J connectivity index is 2.78. The van der Waals surface area contributed by atoms with E-state index in [0.29, 0.717) is 13.2 Å². The first-order chi connectivity index (χ1) is 6.91. The van der Waals surface area contributed by atoms with Crippen LogP contribution in [0.15, 0.2) is 0 Å². The van der Waals surface area contributed by atoms with E-state index < -0.39 is 0 Å². The van der Waals surface area contributed by atoms with Gasteiger partial charge in [0.05, 0.1) is 6.61 Å². The number of hydrogen-bond acceptors (Lipinski definition) is 3. The average molecular weight is 203 g/mol. The molecule has 0 saturated carbocycles. The molecule has 0 aromatic rings. The monoisotopic (exact) mass is 203 g/mol. The van der Waals surface area contributed by atoms with Crippen LogP contribution in [0.4, 0.5) is 0 Å². The minimum atomic E-state index is 0.630. The Labute approximate surface area is 88.0 Å². The van der Waals surface area contributed by atoms with E-state index in [1.807, 2.05) is 0 Å². The van der Waals surface area contributed by atoms with Crippen LogP contribution in [0.5, 0.6) is 0 Å². The summed E-state index contributed by atoms with van der Waals surface area (Å²) in [7, 11) is 0. The maximum absolute atomic E-state index is 5.38. The fraction of sp³-hybridized carbons (Fsp3) is 1.00. The van der Waals surface area contributed by atoms with Crippen LogP contribution in [0.1, 0.15) is 39.0 Å². The third-order valence-corrected chi connectivity index (χ3v) is 1.94. The number of unbranched alkanes of at least 4 members (excludes halogenated alkanes) is 3. The molecule has 0 rings (SSSR count).